The first-order chi connectivity index (χ1) is 12.2. The summed E-state index contributed by atoms with van der Waals surface area (Å²) in [7, 11) is 3.67. The molecule has 0 radical (unpaired) electrons. The molecular weight excluding hydrogens is 332 g/mol. The van der Waals surface area contributed by atoms with Crippen molar-refractivity contribution in [3.63, 3.8) is 0 Å². The first-order valence-electron chi connectivity index (χ1n) is 9.02. The van der Waals surface area contributed by atoms with Gasteiger partial charge in [0.15, 0.2) is 0 Å². The molecule has 0 unspecified atom stereocenters. The van der Waals surface area contributed by atoms with Crippen LogP contribution >= 0.6 is 0 Å². The van der Waals surface area contributed by atoms with Crippen molar-refractivity contribution in [2.75, 3.05) is 37.8 Å². The fraction of sp³-hybridized carbons (Fsp3) is 0.579. The van der Waals surface area contributed by atoms with Crippen molar-refractivity contribution in [2.24, 2.45) is 0 Å². The molecule has 0 aliphatic carbocycles. The van der Waals surface area contributed by atoms with Crippen molar-refractivity contribution in [3.8, 4) is 0 Å². The maximum Gasteiger partial charge on any atom is 0.407 e. The molecule has 7 nitrogen and oxygen atoms in total. The van der Waals surface area contributed by atoms with Crippen molar-refractivity contribution >= 4 is 23.4 Å². The minimum atomic E-state index is -0.535. The summed E-state index contributed by atoms with van der Waals surface area (Å²) in [6.45, 7) is 6.67. The Morgan fingerprint density at radius 1 is 1.15 bits per heavy atom. The molecule has 0 saturated carbocycles. The molecule has 2 rings (SSSR count). The van der Waals surface area contributed by atoms with Crippen LogP contribution in [0.25, 0.3) is 0 Å². The maximum atomic E-state index is 12.9. The number of nitrogens with zero attached hydrogens (tertiary/aromatic N) is 1. The first kappa shape index (κ1) is 19.9. The third kappa shape index (κ3) is 5.28. The van der Waals surface area contributed by atoms with Gasteiger partial charge in [-0.2, -0.15) is 0 Å². The van der Waals surface area contributed by atoms with Gasteiger partial charge in [-0.1, -0.05) is 0 Å². The van der Waals surface area contributed by atoms with Gasteiger partial charge in [-0.25, -0.2) is 4.79 Å². The zero-order valence-electron chi connectivity index (χ0n) is 16.3. The SMILES string of the molecule is CNc1ccc(C(=O)N2CCC[C@@H](NC(=O)OC(C)(C)C)C2)cc1NC. The fourth-order valence-electron chi connectivity index (χ4n) is 3.04. The number of carbonyl (C=O) groups is 2. The predicted molar refractivity (Wildman–Crippen MR) is 104 cm³/mol. The predicted octanol–water partition coefficient (Wildman–Crippen LogP) is 2.90. The van der Waals surface area contributed by atoms with Crippen LogP contribution in [-0.4, -0.2) is 55.7 Å². The molecule has 1 aliphatic rings. The second kappa shape index (κ2) is 8.29. The van der Waals surface area contributed by atoms with Gasteiger partial charge in [0.25, 0.3) is 5.91 Å². The molecule has 3 N–H and O–H groups in total. The number of piperidine rings is 1. The monoisotopic (exact) mass is 362 g/mol. The Morgan fingerprint density at radius 2 is 1.85 bits per heavy atom. The van der Waals surface area contributed by atoms with Gasteiger partial charge in [0, 0.05) is 38.8 Å². The molecule has 1 aromatic carbocycles. The standard InChI is InChI=1S/C19H30N4O3/c1-19(2,3)26-18(25)22-14-7-6-10-23(12-14)17(24)13-8-9-15(20-4)16(11-13)21-5/h8-9,11,14,20-21H,6-7,10,12H2,1-5H3,(H,22,25)/t14-/m1/s1. The third-order valence-electron chi connectivity index (χ3n) is 4.23. The van der Waals surface area contributed by atoms with Crippen LogP contribution in [0, 0.1) is 0 Å². The summed E-state index contributed by atoms with van der Waals surface area (Å²) in [6, 6.07) is 5.46. The number of alkyl carbamates (subject to hydrolysis) is 1. The summed E-state index contributed by atoms with van der Waals surface area (Å²) < 4.78 is 5.31. The van der Waals surface area contributed by atoms with Crippen molar-refractivity contribution < 1.29 is 14.3 Å². The minimum Gasteiger partial charge on any atom is -0.444 e. The topological polar surface area (TPSA) is 82.7 Å². The van der Waals surface area contributed by atoms with Crippen molar-refractivity contribution in [3.05, 3.63) is 23.8 Å². The van der Waals surface area contributed by atoms with E-state index in [9.17, 15) is 9.59 Å². The van der Waals surface area contributed by atoms with E-state index in [-0.39, 0.29) is 11.9 Å². The number of anilines is 2. The number of benzene rings is 1. The van der Waals surface area contributed by atoms with Crippen LogP contribution in [-0.2, 0) is 4.74 Å². The lowest BCUT2D eigenvalue weighted by atomic mass is 10.0. The van der Waals surface area contributed by atoms with Gasteiger partial charge in [0.05, 0.1) is 11.4 Å². The van der Waals surface area contributed by atoms with Crippen molar-refractivity contribution in [1.82, 2.24) is 10.2 Å². The van der Waals surface area contributed by atoms with E-state index in [0.29, 0.717) is 18.7 Å². The summed E-state index contributed by atoms with van der Waals surface area (Å²) in [5, 5.41) is 9.06. The Labute approximate surface area is 155 Å². The van der Waals surface area contributed by atoms with Gasteiger partial charge in [0.1, 0.15) is 5.60 Å². The van der Waals surface area contributed by atoms with Crippen molar-refractivity contribution in [2.45, 2.75) is 45.3 Å². The summed E-state index contributed by atoms with van der Waals surface area (Å²) >= 11 is 0. The molecule has 1 heterocycles. The van der Waals surface area contributed by atoms with Gasteiger partial charge in [-0.05, 0) is 51.8 Å². The van der Waals surface area contributed by atoms with E-state index in [2.05, 4.69) is 16.0 Å². The molecule has 1 aliphatic heterocycles. The van der Waals surface area contributed by atoms with E-state index in [1.807, 2.05) is 53.1 Å². The van der Waals surface area contributed by atoms with Gasteiger partial charge >= 0.3 is 6.09 Å². The molecule has 1 aromatic rings. The number of nitrogens with one attached hydrogen (secondary N) is 3. The van der Waals surface area contributed by atoms with E-state index in [4.69, 9.17) is 4.74 Å². The zero-order valence-corrected chi connectivity index (χ0v) is 16.3. The van der Waals surface area contributed by atoms with Crippen LogP contribution < -0.4 is 16.0 Å². The number of hydrogen-bond donors (Lipinski definition) is 3. The first-order valence-corrected chi connectivity index (χ1v) is 9.02. The molecule has 2 amide bonds. The molecular formula is C19H30N4O3. The van der Waals surface area contributed by atoms with Crippen LogP contribution in [0.15, 0.2) is 18.2 Å². The molecule has 0 bridgehead atoms. The van der Waals surface area contributed by atoms with Gasteiger partial charge in [-0.15, -0.1) is 0 Å². The second-order valence-corrected chi connectivity index (χ2v) is 7.50. The van der Waals surface area contributed by atoms with Gasteiger partial charge in [0.2, 0.25) is 0 Å². The number of rotatable bonds is 4. The zero-order chi connectivity index (χ0) is 19.3. The largest absolute Gasteiger partial charge is 0.444 e. The highest BCUT2D eigenvalue weighted by molar-refractivity contribution is 5.96. The summed E-state index contributed by atoms with van der Waals surface area (Å²) in [4.78, 5) is 26.6. The smallest absolute Gasteiger partial charge is 0.407 e. The number of carbonyl (C=O) groups excluding carboxylic acids is 2. The number of ether oxygens (including phenoxy) is 1. The molecule has 0 aromatic heterocycles. The third-order valence-corrected chi connectivity index (χ3v) is 4.23. The lowest BCUT2D eigenvalue weighted by Gasteiger charge is -2.33. The molecule has 144 valence electrons. The van der Waals surface area contributed by atoms with E-state index in [0.717, 1.165) is 24.2 Å². The lowest BCUT2D eigenvalue weighted by Crippen LogP contribution is -2.50. The number of likely N-dealkylation sites (tertiary alicyclic amines) is 1. The Hall–Kier alpha value is -2.44. The van der Waals surface area contributed by atoms with Crippen LogP contribution in [0.4, 0.5) is 16.2 Å². The van der Waals surface area contributed by atoms with E-state index in [1.165, 1.54) is 0 Å². The molecule has 1 fully saturated rings. The Kier molecular flexibility index (Phi) is 6.34. The maximum absolute atomic E-state index is 12.9. The Balaban J connectivity index is 2.02. The highest BCUT2D eigenvalue weighted by Gasteiger charge is 2.27. The van der Waals surface area contributed by atoms with E-state index in [1.54, 1.807) is 4.90 Å². The Morgan fingerprint density at radius 3 is 2.46 bits per heavy atom. The number of hydrogen-bond acceptors (Lipinski definition) is 5. The minimum absolute atomic E-state index is 0.0279. The average Bonchev–Trinajstić information content (AvgIpc) is 2.59. The lowest BCUT2D eigenvalue weighted by molar-refractivity contribution is 0.0452. The van der Waals surface area contributed by atoms with Crippen LogP contribution in [0.3, 0.4) is 0 Å². The summed E-state index contributed by atoms with van der Waals surface area (Å²) in [5.41, 5.74) is 1.91. The van der Waals surface area contributed by atoms with E-state index >= 15 is 0 Å². The van der Waals surface area contributed by atoms with E-state index < -0.39 is 11.7 Å². The summed E-state index contributed by atoms with van der Waals surface area (Å²) in [5.74, 6) is -0.0279. The van der Waals surface area contributed by atoms with Crippen molar-refractivity contribution in [1.29, 1.82) is 0 Å². The van der Waals surface area contributed by atoms with Crippen LogP contribution in [0.1, 0.15) is 44.0 Å². The Bertz CT molecular complexity index is 655. The van der Waals surface area contributed by atoms with Crippen LogP contribution in [0.2, 0.25) is 0 Å². The second-order valence-electron chi connectivity index (χ2n) is 7.50. The number of amides is 2. The highest BCUT2D eigenvalue weighted by atomic mass is 16.6. The van der Waals surface area contributed by atoms with Crippen LogP contribution in [0.5, 0.6) is 0 Å². The molecule has 7 heteroatoms. The highest BCUT2D eigenvalue weighted by Crippen LogP contribution is 2.24. The quantitative estimate of drug-likeness (QED) is 0.767. The van der Waals surface area contributed by atoms with Gasteiger partial charge < -0.3 is 25.6 Å². The molecule has 26 heavy (non-hydrogen) atoms. The average molecular weight is 362 g/mol. The normalized spacial score (nSPS) is 17.4. The molecule has 1 saturated heterocycles. The summed E-state index contributed by atoms with van der Waals surface area (Å²) in [6.07, 6.45) is 1.25. The molecule has 1 atom stereocenters. The van der Waals surface area contributed by atoms with Gasteiger partial charge in [-0.3, -0.25) is 4.79 Å². The molecule has 0 spiro atoms. The fourth-order valence-corrected chi connectivity index (χ4v) is 3.04.